The van der Waals surface area contributed by atoms with E-state index in [1.54, 1.807) is 18.7 Å². The van der Waals surface area contributed by atoms with Gasteiger partial charge in [0.25, 0.3) is 11.8 Å². The Labute approximate surface area is 250 Å². The molecule has 1 spiro atoms. The van der Waals surface area contributed by atoms with Crippen LogP contribution < -0.4 is 4.90 Å². The van der Waals surface area contributed by atoms with Gasteiger partial charge in [0.1, 0.15) is 11.4 Å². The Morgan fingerprint density at radius 3 is 2.26 bits per heavy atom. The lowest BCUT2D eigenvalue weighted by atomic mass is 9.74. The van der Waals surface area contributed by atoms with Gasteiger partial charge in [-0.1, -0.05) is 48.2 Å². The average Bonchev–Trinajstić information content (AvgIpc) is 3.69. The number of carbonyl (C=O) groups is 2. The van der Waals surface area contributed by atoms with Gasteiger partial charge in [-0.2, -0.15) is 0 Å². The van der Waals surface area contributed by atoms with E-state index in [1.165, 1.54) is 5.56 Å². The van der Waals surface area contributed by atoms with E-state index in [0.717, 1.165) is 35.2 Å². The number of amides is 2. The first-order chi connectivity index (χ1) is 21.1. The van der Waals surface area contributed by atoms with Crippen LogP contribution in [0.1, 0.15) is 50.4 Å². The van der Waals surface area contributed by atoms with Crippen molar-refractivity contribution < 1.29 is 9.59 Å². The molecule has 2 aromatic heterocycles. The van der Waals surface area contributed by atoms with Crippen molar-refractivity contribution in [3.8, 4) is 23.1 Å². The minimum Gasteiger partial charge on any atom is -0.340 e. The Morgan fingerprint density at radius 1 is 0.791 bits per heavy atom. The number of benzene rings is 3. The number of aromatic nitrogens is 3. The standard InChI is InChI=1S/C36H29N5O2/c42-34(28-16-14-27(15-17-28)13-12-26-7-2-1-3-8-26)40-21-18-36(19-22-40)24-41(31-11-5-4-10-30(31)36)35(43)33-32(38-25-39-33)29-9-6-20-37-23-29/h1-11,14-17,20,23,25H,18-19,21-22,24H2,(H,38,39). The van der Waals surface area contributed by atoms with Crippen LogP contribution in [-0.4, -0.2) is 51.3 Å². The fourth-order valence-electron chi connectivity index (χ4n) is 6.24. The molecule has 5 aromatic rings. The summed E-state index contributed by atoms with van der Waals surface area (Å²) in [5.74, 6) is 6.23. The van der Waals surface area contributed by atoms with Crippen LogP contribution in [0, 0.1) is 11.8 Å². The molecule has 7 rings (SSSR count). The number of hydrogen-bond donors (Lipinski definition) is 1. The predicted octanol–water partition coefficient (Wildman–Crippen LogP) is 5.71. The maximum Gasteiger partial charge on any atom is 0.277 e. The summed E-state index contributed by atoms with van der Waals surface area (Å²) < 4.78 is 0. The summed E-state index contributed by atoms with van der Waals surface area (Å²) in [6, 6.07) is 29.3. The molecule has 2 amide bonds. The molecule has 1 fully saturated rings. The molecule has 0 bridgehead atoms. The molecule has 0 aliphatic carbocycles. The van der Waals surface area contributed by atoms with Gasteiger partial charge in [-0.3, -0.25) is 14.6 Å². The van der Waals surface area contributed by atoms with Gasteiger partial charge >= 0.3 is 0 Å². The van der Waals surface area contributed by atoms with Crippen molar-refractivity contribution in [3.63, 3.8) is 0 Å². The Hall–Kier alpha value is -5.48. The summed E-state index contributed by atoms with van der Waals surface area (Å²) in [6.45, 7) is 1.80. The molecule has 2 aliphatic rings. The molecular weight excluding hydrogens is 534 g/mol. The number of aromatic amines is 1. The molecule has 4 heterocycles. The van der Waals surface area contributed by atoms with Gasteiger partial charge in [0.2, 0.25) is 0 Å². The number of rotatable bonds is 3. The fourth-order valence-corrected chi connectivity index (χ4v) is 6.24. The molecule has 43 heavy (non-hydrogen) atoms. The zero-order valence-corrected chi connectivity index (χ0v) is 23.5. The maximum absolute atomic E-state index is 14.0. The van der Waals surface area contributed by atoms with E-state index in [4.69, 9.17) is 0 Å². The second-order valence-corrected chi connectivity index (χ2v) is 11.0. The highest BCUT2D eigenvalue weighted by Gasteiger charge is 2.47. The van der Waals surface area contributed by atoms with Gasteiger partial charge in [0.15, 0.2) is 0 Å². The molecule has 0 unspecified atom stereocenters. The number of carbonyl (C=O) groups excluding carboxylic acids is 2. The average molecular weight is 564 g/mol. The molecule has 7 heteroatoms. The number of anilines is 1. The van der Waals surface area contributed by atoms with Crippen LogP contribution in [-0.2, 0) is 5.41 Å². The number of nitrogens with one attached hydrogen (secondary N) is 1. The summed E-state index contributed by atoms with van der Waals surface area (Å²) in [6.07, 6.45) is 6.52. The lowest BCUT2D eigenvalue weighted by Crippen LogP contribution is -2.47. The van der Waals surface area contributed by atoms with E-state index in [9.17, 15) is 9.59 Å². The van der Waals surface area contributed by atoms with Crippen molar-refractivity contribution in [1.82, 2.24) is 19.9 Å². The zero-order valence-electron chi connectivity index (χ0n) is 23.5. The number of hydrogen-bond acceptors (Lipinski definition) is 4. The predicted molar refractivity (Wildman–Crippen MR) is 166 cm³/mol. The van der Waals surface area contributed by atoms with Crippen LogP contribution in [0.2, 0.25) is 0 Å². The van der Waals surface area contributed by atoms with Gasteiger partial charge in [-0.05, 0) is 73.0 Å². The van der Waals surface area contributed by atoms with Crippen LogP contribution in [0.15, 0.2) is 110 Å². The topological polar surface area (TPSA) is 82.2 Å². The second kappa shape index (κ2) is 11.1. The summed E-state index contributed by atoms with van der Waals surface area (Å²) in [4.78, 5) is 42.9. The molecule has 1 saturated heterocycles. The van der Waals surface area contributed by atoms with Crippen molar-refractivity contribution in [2.24, 2.45) is 0 Å². The van der Waals surface area contributed by atoms with Crippen molar-refractivity contribution in [1.29, 1.82) is 0 Å². The highest BCUT2D eigenvalue weighted by molar-refractivity contribution is 6.09. The molecule has 3 aromatic carbocycles. The highest BCUT2D eigenvalue weighted by Crippen LogP contribution is 2.47. The number of nitrogens with zero attached hydrogens (tertiary/aromatic N) is 4. The van der Waals surface area contributed by atoms with Crippen LogP contribution in [0.4, 0.5) is 5.69 Å². The molecule has 0 saturated carbocycles. The fraction of sp³-hybridized carbons (Fsp3) is 0.167. The first-order valence-corrected chi connectivity index (χ1v) is 14.4. The quantitative estimate of drug-likeness (QED) is 0.285. The number of pyridine rings is 1. The SMILES string of the molecule is O=C(c1ccc(C#Cc2ccccc2)cc1)N1CCC2(CC1)CN(C(=O)c1[nH]cnc1-c1cccnc1)c1ccccc12. The Kier molecular flexibility index (Phi) is 6.80. The lowest BCUT2D eigenvalue weighted by Gasteiger charge is -2.40. The summed E-state index contributed by atoms with van der Waals surface area (Å²) >= 11 is 0. The van der Waals surface area contributed by atoms with Crippen LogP contribution in [0.3, 0.4) is 0 Å². The third-order valence-corrected chi connectivity index (χ3v) is 8.52. The van der Waals surface area contributed by atoms with E-state index in [2.05, 4.69) is 32.9 Å². The number of H-pyrrole nitrogens is 1. The maximum atomic E-state index is 14.0. The monoisotopic (exact) mass is 563 g/mol. The van der Waals surface area contributed by atoms with Gasteiger partial charge in [-0.25, -0.2) is 4.98 Å². The highest BCUT2D eigenvalue weighted by atomic mass is 16.2. The lowest BCUT2D eigenvalue weighted by molar-refractivity contribution is 0.0670. The first-order valence-electron chi connectivity index (χ1n) is 14.4. The Bertz CT molecular complexity index is 1840. The normalized spacial score (nSPS) is 15.1. The number of piperidine rings is 1. The smallest absolute Gasteiger partial charge is 0.277 e. The number of fused-ring (bicyclic) bond motifs is 2. The second-order valence-electron chi connectivity index (χ2n) is 11.0. The minimum atomic E-state index is -0.214. The zero-order chi connectivity index (χ0) is 29.2. The Morgan fingerprint density at radius 2 is 1.51 bits per heavy atom. The van der Waals surface area contributed by atoms with E-state index in [-0.39, 0.29) is 17.2 Å². The number of imidazole rings is 1. The number of likely N-dealkylation sites (tertiary alicyclic amines) is 1. The van der Waals surface area contributed by atoms with Gasteiger partial charge < -0.3 is 14.8 Å². The molecule has 1 N–H and O–H groups in total. The van der Waals surface area contributed by atoms with Crippen LogP contribution >= 0.6 is 0 Å². The first kappa shape index (κ1) is 26.4. The van der Waals surface area contributed by atoms with E-state index >= 15 is 0 Å². The molecule has 2 aliphatic heterocycles. The van der Waals surface area contributed by atoms with Gasteiger partial charge in [0.05, 0.1) is 6.33 Å². The Balaban J connectivity index is 1.07. The minimum absolute atomic E-state index is 0.0233. The van der Waals surface area contributed by atoms with Crippen molar-refractivity contribution in [2.75, 3.05) is 24.5 Å². The molecule has 7 nitrogen and oxygen atoms in total. The van der Waals surface area contributed by atoms with Gasteiger partial charge in [0, 0.05) is 65.4 Å². The largest absolute Gasteiger partial charge is 0.340 e. The molecular formula is C36H29N5O2. The third kappa shape index (κ3) is 4.98. The van der Waals surface area contributed by atoms with Crippen molar-refractivity contribution in [2.45, 2.75) is 18.3 Å². The van der Waals surface area contributed by atoms with E-state index in [0.29, 0.717) is 36.6 Å². The van der Waals surface area contributed by atoms with E-state index < -0.39 is 0 Å². The molecule has 210 valence electrons. The summed E-state index contributed by atoms with van der Waals surface area (Å²) in [5, 5.41) is 0. The summed E-state index contributed by atoms with van der Waals surface area (Å²) in [5.41, 5.74) is 6.19. The van der Waals surface area contributed by atoms with Crippen LogP contribution in [0.25, 0.3) is 11.3 Å². The van der Waals surface area contributed by atoms with Gasteiger partial charge in [-0.15, -0.1) is 0 Å². The summed E-state index contributed by atoms with van der Waals surface area (Å²) in [7, 11) is 0. The molecule has 0 radical (unpaired) electrons. The van der Waals surface area contributed by atoms with Crippen LogP contribution in [0.5, 0.6) is 0 Å². The number of para-hydroxylation sites is 1. The van der Waals surface area contributed by atoms with E-state index in [1.807, 2.05) is 94.7 Å². The third-order valence-electron chi connectivity index (χ3n) is 8.52. The van der Waals surface area contributed by atoms with Crippen molar-refractivity contribution >= 4 is 17.5 Å². The molecule has 0 atom stereocenters. The van der Waals surface area contributed by atoms with Crippen molar-refractivity contribution in [3.05, 3.63) is 138 Å².